The predicted molar refractivity (Wildman–Crippen MR) is 79.5 cm³/mol. The molecule has 1 aliphatic carbocycles. The van der Waals surface area contributed by atoms with Crippen molar-refractivity contribution in [3.8, 4) is 22.4 Å². The standard InChI is InChI=1S/C18H15NO/c1-18(2)15-6-4-3-5-13(15)14-8-7-12(9-16(14)18)17-10-20-11-19-17/h3-11H,1-2H3. The van der Waals surface area contributed by atoms with Crippen LogP contribution < -0.4 is 0 Å². The molecule has 0 saturated heterocycles. The van der Waals surface area contributed by atoms with Crippen LogP contribution in [-0.4, -0.2) is 4.98 Å². The molecule has 2 nitrogen and oxygen atoms in total. The van der Waals surface area contributed by atoms with Crippen molar-refractivity contribution in [2.75, 3.05) is 0 Å². The van der Waals surface area contributed by atoms with Gasteiger partial charge in [0.05, 0.1) is 0 Å². The van der Waals surface area contributed by atoms with Crippen LogP contribution in [0.2, 0.25) is 0 Å². The molecule has 0 unspecified atom stereocenters. The number of hydrogen-bond acceptors (Lipinski definition) is 2. The van der Waals surface area contributed by atoms with Crippen LogP contribution in [0.25, 0.3) is 22.4 Å². The minimum absolute atomic E-state index is 0.0334. The summed E-state index contributed by atoms with van der Waals surface area (Å²) < 4.78 is 5.09. The second-order valence-electron chi connectivity index (χ2n) is 5.80. The topological polar surface area (TPSA) is 26.0 Å². The summed E-state index contributed by atoms with van der Waals surface area (Å²) in [6, 6.07) is 15.2. The van der Waals surface area contributed by atoms with Gasteiger partial charge in [-0.15, -0.1) is 0 Å². The van der Waals surface area contributed by atoms with Gasteiger partial charge in [-0.25, -0.2) is 4.98 Å². The number of rotatable bonds is 1. The number of hydrogen-bond donors (Lipinski definition) is 0. The van der Waals surface area contributed by atoms with Crippen molar-refractivity contribution < 1.29 is 4.42 Å². The first-order valence-electron chi connectivity index (χ1n) is 6.81. The second-order valence-corrected chi connectivity index (χ2v) is 5.80. The Bertz CT molecular complexity index is 785. The molecule has 1 aromatic heterocycles. The van der Waals surface area contributed by atoms with Crippen LogP contribution in [0.5, 0.6) is 0 Å². The molecule has 0 atom stereocenters. The first-order valence-corrected chi connectivity index (χ1v) is 6.81. The van der Waals surface area contributed by atoms with E-state index >= 15 is 0 Å². The van der Waals surface area contributed by atoms with E-state index in [1.54, 1.807) is 6.26 Å². The van der Waals surface area contributed by atoms with Gasteiger partial charge in [0.15, 0.2) is 6.39 Å². The lowest BCUT2D eigenvalue weighted by Crippen LogP contribution is -2.14. The summed E-state index contributed by atoms with van der Waals surface area (Å²) in [6.45, 7) is 4.56. The third kappa shape index (κ3) is 1.42. The van der Waals surface area contributed by atoms with E-state index in [2.05, 4.69) is 61.3 Å². The zero-order valence-electron chi connectivity index (χ0n) is 11.6. The third-order valence-corrected chi connectivity index (χ3v) is 4.31. The Kier molecular flexibility index (Phi) is 2.19. The number of nitrogens with zero attached hydrogens (tertiary/aromatic N) is 1. The Morgan fingerprint density at radius 2 is 1.75 bits per heavy atom. The van der Waals surface area contributed by atoms with E-state index in [-0.39, 0.29) is 5.41 Å². The number of benzene rings is 2. The van der Waals surface area contributed by atoms with Crippen LogP contribution in [0, 0.1) is 0 Å². The van der Waals surface area contributed by atoms with Gasteiger partial charge in [0.1, 0.15) is 12.0 Å². The van der Waals surface area contributed by atoms with Crippen LogP contribution in [0.1, 0.15) is 25.0 Å². The minimum atomic E-state index is 0.0334. The highest BCUT2D eigenvalue weighted by atomic mass is 16.3. The van der Waals surface area contributed by atoms with Gasteiger partial charge in [-0.3, -0.25) is 0 Å². The molecule has 0 saturated carbocycles. The van der Waals surface area contributed by atoms with Gasteiger partial charge in [-0.05, 0) is 28.3 Å². The summed E-state index contributed by atoms with van der Waals surface area (Å²) in [4.78, 5) is 4.24. The molecule has 4 rings (SSSR count). The van der Waals surface area contributed by atoms with Gasteiger partial charge < -0.3 is 4.42 Å². The highest BCUT2D eigenvalue weighted by molar-refractivity contribution is 5.82. The van der Waals surface area contributed by atoms with Crippen LogP contribution in [0.15, 0.2) is 59.5 Å². The van der Waals surface area contributed by atoms with Gasteiger partial charge >= 0.3 is 0 Å². The maximum absolute atomic E-state index is 5.09. The van der Waals surface area contributed by atoms with Crippen LogP contribution >= 0.6 is 0 Å². The number of oxazole rings is 1. The zero-order chi connectivity index (χ0) is 13.7. The molecule has 1 heterocycles. The molecule has 0 amide bonds. The number of fused-ring (bicyclic) bond motifs is 3. The number of aromatic nitrogens is 1. The Morgan fingerprint density at radius 3 is 2.55 bits per heavy atom. The van der Waals surface area contributed by atoms with Crippen molar-refractivity contribution in [2.45, 2.75) is 19.3 Å². The largest absolute Gasteiger partial charge is 0.451 e. The molecular formula is C18H15NO. The maximum Gasteiger partial charge on any atom is 0.181 e. The van der Waals surface area contributed by atoms with Crippen molar-refractivity contribution in [1.82, 2.24) is 4.98 Å². The predicted octanol–water partition coefficient (Wildman–Crippen LogP) is 4.65. The van der Waals surface area contributed by atoms with E-state index in [0.717, 1.165) is 11.3 Å². The van der Waals surface area contributed by atoms with Gasteiger partial charge in [0.25, 0.3) is 0 Å². The molecular weight excluding hydrogens is 246 g/mol. The van der Waals surface area contributed by atoms with Crippen molar-refractivity contribution >= 4 is 0 Å². The molecule has 98 valence electrons. The normalized spacial score (nSPS) is 14.9. The summed E-state index contributed by atoms with van der Waals surface area (Å²) in [5.74, 6) is 0. The summed E-state index contributed by atoms with van der Waals surface area (Å²) in [7, 11) is 0. The second kappa shape index (κ2) is 3.83. The summed E-state index contributed by atoms with van der Waals surface area (Å²) >= 11 is 0. The molecule has 0 radical (unpaired) electrons. The summed E-state index contributed by atoms with van der Waals surface area (Å²) in [6.07, 6.45) is 3.17. The first-order chi connectivity index (χ1) is 9.68. The maximum atomic E-state index is 5.09. The van der Waals surface area contributed by atoms with Gasteiger partial charge in [-0.1, -0.05) is 50.2 Å². The Labute approximate surface area is 118 Å². The smallest absolute Gasteiger partial charge is 0.181 e. The van der Waals surface area contributed by atoms with Crippen molar-refractivity contribution in [3.05, 3.63) is 66.2 Å². The molecule has 0 fully saturated rings. The average Bonchev–Trinajstić information content (AvgIpc) is 3.07. The van der Waals surface area contributed by atoms with E-state index < -0.39 is 0 Å². The summed E-state index contributed by atoms with van der Waals surface area (Å²) in [5.41, 5.74) is 7.47. The molecule has 0 spiro atoms. The van der Waals surface area contributed by atoms with E-state index in [1.807, 2.05) is 0 Å². The fraction of sp³-hybridized carbons (Fsp3) is 0.167. The molecule has 3 aromatic rings. The van der Waals surface area contributed by atoms with Gasteiger partial charge in [0, 0.05) is 11.0 Å². The monoisotopic (exact) mass is 261 g/mol. The fourth-order valence-electron chi connectivity index (χ4n) is 3.22. The first kappa shape index (κ1) is 11.5. The van der Waals surface area contributed by atoms with E-state index in [0.29, 0.717) is 0 Å². The Hall–Kier alpha value is -2.35. The lowest BCUT2D eigenvalue weighted by atomic mass is 9.82. The Balaban J connectivity index is 1.97. The quantitative estimate of drug-likeness (QED) is 0.637. The van der Waals surface area contributed by atoms with Crippen LogP contribution in [0.4, 0.5) is 0 Å². The van der Waals surface area contributed by atoms with Crippen LogP contribution in [0.3, 0.4) is 0 Å². The molecule has 20 heavy (non-hydrogen) atoms. The highest BCUT2D eigenvalue weighted by Gasteiger charge is 2.35. The Morgan fingerprint density at radius 1 is 0.950 bits per heavy atom. The molecule has 0 bridgehead atoms. The van der Waals surface area contributed by atoms with Crippen molar-refractivity contribution in [2.24, 2.45) is 0 Å². The average molecular weight is 261 g/mol. The SMILES string of the molecule is CC1(C)c2ccccc2-c2ccc(-c3cocn3)cc21. The molecule has 2 heteroatoms. The molecule has 2 aromatic carbocycles. The zero-order valence-corrected chi connectivity index (χ0v) is 11.6. The van der Waals surface area contributed by atoms with E-state index in [1.165, 1.54) is 28.6 Å². The molecule has 0 N–H and O–H groups in total. The third-order valence-electron chi connectivity index (χ3n) is 4.31. The van der Waals surface area contributed by atoms with Crippen molar-refractivity contribution in [1.29, 1.82) is 0 Å². The van der Waals surface area contributed by atoms with Gasteiger partial charge in [0.2, 0.25) is 0 Å². The fourth-order valence-corrected chi connectivity index (χ4v) is 3.22. The van der Waals surface area contributed by atoms with Crippen molar-refractivity contribution in [3.63, 3.8) is 0 Å². The van der Waals surface area contributed by atoms with E-state index in [9.17, 15) is 0 Å². The lowest BCUT2D eigenvalue weighted by molar-refractivity contribution is 0.558. The van der Waals surface area contributed by atoms with Gasteiger partial charge in [-0.2, -0.15) is 0 Å². The molecule has 0 aliphatic heterocycles. The summed E-state index contributed by atoms with van der Waals surface area (Å²) in [5, 5.41) is 0. The highest BCUT2D eigenvalue weighted by Crippen LogP contribution is 2.49. The molecule has 1 aliphatic rings. The van der Waals surface area contributed by atoms with Crippen LogP contribution in [-0.2, 0) is 5.41 Å². The lowest BCUT2D eigenvalue weighted by Gasteiger charge is -2.21. The van der Waals surface area contributed by atoms with E-state index in [4.69, 9.17) is 4.42 Å². The minimum Gasteiger partial charge on any atom is -0.451 e.